The molecule has 0 atom stereocenters. The first-order chi connectivity index (χ1) is 11.7. The van der Waals surface area contributed by atoms with Gasteiger partial charge < -0.3 is 10.6 Å². The van der Waals surface area contributed by atoms with Crippen molar-refractivity contribution in [3.63, 3.8) is 0 Å². The van der Waals surface area contributed by atoms with Gasteiger partial charge in [0.1, 0.15) is 5.69 Å². The minimum atomic E-state index is -0.203. The first-order valence-corrected chi connectivity index (χ1v) is 8.58. The molecule has 0 radical (unpaired) electrons. The molecule has 0 fully saturated rings. The molecular weight excluding hydrogens is 322 g/mol. The number of carbonyl (C=O) groups excluding carboxylic acids is 2. The van der Waals surface area contributed by atoms with Crippen LogP contribution in [0.5, 0.6) is 0 Å². The SMILES string of the molecule is O=C(NCCCNC(=O)c1cccs1)c1ccc2ccccc2n1. The van der Waals surface area contributed by atoms with E-state index in [1.54, 1.807) is 12.1 Å². The number of nitrogens with zero attached hydrogens (tertiary/aromatic N) is 1. The number of hydrogen-bond acceptors (Lipinski definition) is 4. The number of thiophene rings is 1. The molecule has 0 unspecified atom stereocenters. The molecule has 0 saturated carbocycles. The molecule has 0 bridgehead atoms. The lowest BCUT2D eigenvalue weighted by Gasteiger charge is -2.06. The van der Waals surface area contributed by atoms with Gasteiger partial charge in [0.05, 0.1) is 10.4 Å². The quantitative estimate of drug-likeness (QED) is 0.679. The molecule has 2 heterocycles. The minimum absolute atomic E-state index is 0.0764. The number of hydrogen-bond donors (Lipinski definition) is 2. The van der Waals surface area contributed by atoms with Crippen LogP contribution in [0.1, 0.15) is 26.6 Å². The van der Waals surface area contributed by atoms with Crippen LogP contribution in [0.15, 0.2) is 53.9 Å². The Balaban J connectivity index is 1.44. The van der Waals surface area contributed by atoms with Crippen LogP contribution in [0.25, 0.3) is 10.9 Å². The number of para-hydroxylation sites is 1. The van der Waals surface area contributed by atoms with Crippen molar-refractivity contribution < 1.29 is 9.59 Å². The summed E-state index contributed by atoms with van der Waals surface area (Å²) in [6, 6.07) is 14.9. The highest BCUT2D eigenvalue weighted by atomic mass is 32.1. The van der Waals surface area contributed by atoms with Crippen molar-refractivity contribution in [2.75, 3.05) is 13.1 Å². The molecule has 122 valence electrons. The first kappa shape index (κ1) is 16.1. The number of fused-ring (bicyclic) bond motifs is 1. The smallest absolute Gasteiger partial charge is 0.269 e. The molecule has 0 aliphatic carbocycles. The highest BCUT2D eigenvalue weighted by Crippen LogP contribution is 2.11. The minimum Gasteiger partial charge on any atom is -0.351 e. The third-order valence-electron chi connectivity index (χ3n) is 3.50. The maximum Gasteiger partial charge on any atom is 0.269 e. The van der Waals surface area contributed by atoms with Crippen LogP contribution in [0.2, 0.25) is 0 Å². The molecule has 1 aromatic carbocycles. The molecule has 0 aliphatic rings. The van der Waals surface area contributed by atoms with Crippen molar-refractivity contribution in [1.82, 2.24) is 15.6 Å². The number of carbonyl (C=O) groups is 2. The number of rotatable bonds is 6. The Kier molecular flexibility index (Phi) is 5.18. The Bertz CT molecular complexity index is 846. The van der Waals surface area contributed by atoms with Gasteiger partial charge in [-0.15, -0.1) is 11.3 Å². The second kappa shape index (κ2) is 7.70. The van der Waals surface area contributed by atoms with E-state index in [1.165, 1.54) is 11.3 Å². The van der Waals surface area contributed by atoms with Crippen molar-refractivity contribution in [2.24, 2.45) is 0 Å². The van der Waals surface area contributed by atoms with Crippen LogP contribution in [-0.4, -0.2) is 29.9 Å². The topological polar surface area (TPSA) is 71.1 Å². The van der Waals surface area contributed by atoms with Gasteiger partial charge in [-0.1, -0.05) is 30.3 Å². The van der Waals surface area contributed by atoms with Gasteiger partial charge in [0, 0.05) is 18.5 Å². The van der Waals surface area contributed by atoms with Crippen molar-refractivity contribution >= 4 is 34.1 Å². The van der Waals surface area contributed by atoms with E-state index in [0.717, 1.165) is 10.9 Å². The fraction of sp³-hybridized carbons (Fsp3) is 0.167. The van der Waals surface area contributed by atoms with Crippen molar-refractivity contribution in [3.8, 4) is 0 Å². The summed E-state index contributed by atoms with van der Waals surface area (Å²) < 4.78 is 0. The maximum atomic E-state index is 12.1. The number of aromatic nitrogens is 1. The van der Waals surface area contributed by atoms with E-state index in [2.05, 4.69) is 15.6 Å². The zero-order valence-corrected chi connectivity index (χ0v) is 13.8. The van der Waals surface area contributed by atoms with E-state index in [-0.39, 0.29) is 11.8 Å². The van der Waals surface area contributed by atoms with E-state index >= 15 is 0 Å². The van der Waals surface area contributed by atoms with E-state index in [4.69, 9.17) is 0 Å². The molecule has 2 aromatic heterocycles. The second-order valence-corrected chi connectivity index (χ2v) is 6.18. The monoisotopic (exact) mass is 339 g/mol. The van der Waals surface area contributed by atoms with Crippen LogP contribution >= 0.6 is 11.3 Å². The normalized spacial score (nSPS) is 10.5. The van der Waals surface area contributed by atoms with Gasteiger partial charge in [0.15, 0.2) is 0 Å². The molecule has 0 saturated heterocycles. The van der Waals surface area contributed by atoms with Crippen LogP contribution < -0.4 is 10.6 Å². The molecule has 0 spiro atoms. The van der Waals surface area contributed by atoms with Crippen molar-refractivity contribution in [1.29, 1.82) is 0 Å². The van der Waals surface area contributed by atoms with Gasteiger partial charge in [-0.05, 0) is 30.0 Å². The Labute approximate surface area is 143 Å². The lowest BCUT2D eigenvalue weighted by Crippen LogP contribution is -2.30. The van der Waals surface area contributed by atoms with Gasteiger partial charge in [0.25, 0.3) is 11.8 Å². The molecule has 2 amide bonds. The van der Waals surface area contributed by atoms with E-state index in [0.29, 0.717) is 30.1 Å². The third-order valence-corrected chi connectivity index (χ3v) is 4.37. The zero-order chi connectivity index (χ0) is 16.8. The largest absolute Gasteiger partial charge is 0.351 e. The fourth-order valence-electron chi connectivity index (χ4n) is 2.27. The summed E-state index contributed by atoms with van der Waals surface area (Å²) in [5.74, 6) is -0.280. The summed E-state index contributed by atoms with van der Waals surface area (Å²) in [7, 11) is 0. The highest BCUT2D eigenvalue weighted by molar-refractivity contribution is 7.12. The summed E-state index contributed by atoms with van der Waals surface area (Å²) in [6.45, 7) is 1.00. The van der Waals surface area contributed by atoms with Gasteiger partial charge in [-0.3, -0.25) is 9.59 Å². The lowest BCUT2D eigenvalue weighted by molar-refractivity contribution is 0.0948. The molecule has 3 aromatic rings. The van der Waals surface area contributed by atoms with E-state index in [1.807, 2.05) is 41.8 Å². The summed E-state index contributed by atoms with van der Waals surface area (Å²) in [5, 5.41) is 8.52. The fourth-order valence-corrected chi connectivity index (χ4v) is 2.91. The average molecular weight is 339 g/mol. The molecule has 0 aliphatic heterocycles. The van der Waals surface area contributed by atoms with Gasteiger partial charge in [-0.25, -0.2) is 4.98 Å². The van der Waals surface area contributed by atoms with Gasteiger partial charge in [-0.2, -0.15) is 0 Å². The number of pyridine rings is 1. The van der Waals surface area contributed by atoms with Crippen LogP contribution in [0.3, 0.4) is 0 Å². The Morgan fingerprint density at radius 1 is 0.917 bits per heavy atom. The summed E-state index contributed by atoms with van der Waals surface area (Å²) in [5.41, 5.74) is 1.20. The Hall–Kier alpha value is -2.73. The number of amides is 2. The average Bonchev–Trinajstić information content (AvgIpc) is 3.15. The molecule has 3 rings (SSSR count). The maximum absolute atomic E-state index is 12.1. The standard InChI is InChI=1S/C18H17N3O2S/c22-17(15-9-8-13-5-1-2-6-14(13)21-15)19-10-4-11-20-18(23)16-7-3-12-24-16/h1-3,5-9,12H,4,10-11H2,(H,19,22)(H,20,23). The van der Waals surface area contributed by atoms with Gasteiger partial charge in [0.2, 0.25) is 0 Å². The number of nitrogens with one attached hydrogen (secondary N) is 2. The van der Waals surface area contributed by atoms with Crippen LogP contribution in [-0.2, 0) is 0 Å². The molecular formula is C18H17N3O2S. The van der Waals surface area contributed by atoms with E-state index in [9.17, 15) is 9.59 Å². The molecule has 5 nitrogen and oxygen atoms in total. The third kappa shape index (κ3) is 3.97. The lowest BCUT2D eigenvalue weighted by atomic mass is 10.2. The zero-order valence-electron chi connectivity index (χ0n) is 13.0. The highest BCUT2D eigenvalue weighted by Gasteiger charge is 2.08. The first-order valence-electron chi connectivity index (χ1n) is 7.70. The second-order valence-electron chi connectivity index (χ2n) is 5.23. The number of benzene rings is 1. The molecule has 6 heteroatoms. The van der Waals surface area contributed by atoms with Crippen LogP contribution in [0.4, 0.5) is 0 Å². The Morgan fingerprint density at radius 3 is 2.50 bits per heavy atom. The molecule has 2 N–H and O–H groups in total. The predicted molar refractivity (Wildman–Crippen MR) is 95.3 cm³/mol. The predicted octanol–water partition coefficient (Wildman–Crippen LogP) is 2.85. The van der Waals surface area contributed by atoms with Crippen molar-refractivity contribution in [2.45, 2.75) is 6.42 Å². The molecule has 24 heavy (non-hydrogen) atoms. The summed E-state index contributed by atoms with van der Waals surface area (Å²) in [6.07, 6.45) is 0.663. The van der Waals surface area contributed by atoms with Crippen LogP contribution in [0, 0.1) is 0 Å². The van der Waals surface area contributed by atoms with E-state index < -0.39 is 0 Å². The van der Waals surface area contributed by atoms with Gasteiger partial charge >= 0.3 is 0 Å². The summed E-state index contributed by atoms with van der Waals surface area (Å²) >= 11 is 1.41. The van der Waals surface area contributed by atoms with Crippen molar-refractivity contribution in [3.05, 3.63) is 64.5 Å². The summed E-state index contributed by atoms with van der Waals surface area (Å²) in [4.78, 5) is 28.9. The Morgan fingerprint density at radius 2 is 1.71 bits per heavy atom.